The van der Waals surface area contributed by atoms with Crippen molar-refractivity contribution < 1.29 is 24.2 Å². The van der Waals surface area contributed by atoms with E-state index in [0.29, 0.717) is 25.9 Å². The van der Waals surface area contributed by atoms with Gasteiger partial charge in [0.25, 0.3) is 0 Å². The molecule has 0 aromatic carbocycles. The number of amides is 1. The van der Waals surface area contributed by atoms with Gasteiger partial charge in [-0.1, -0.05) is 0 Å². The summed E-state index contributed by atoms with van der Waals surface area (Å²) in [4.78, 5) is 25.0. The normalized spacial score (nSPS) is 25.8. The highest BCUT2D eigenvalue weighted by Gasteiger charge is 2.54. The van der Waals surface area contributed by atoms with Crippen molar-refractivity contribution in [3.63, 3.8) is 0 Å². The molecule has 0 aromatic heterocycles. The SMILES string of the molecule is CC(C)(C)OC(=O)N1C(C(=O)O)COC12CCNCC2. The Morgan fingerprint density at radius 1 is 1.35 bits per heavy atom. The van der Waals surface area contributed by atoms with Crippen molar-refractivity contribution >= 4 is 12.1 Å². The van der Waals surface area contributed by atoms with E-state index in [1.54, 1.807) is 20.8 Å². The van der Waals surface area contributed by atoms with E-state index in [9.17, 15) is 14.7 Å². The molecule has 7 heteroatoms. The predicted octanol–water partition coefficient (Wildman–Crippen LogP) is 0.787. The number of carbonyl (C=O) groups is 2. The lowest BCUT2D eigenvalue weighted by Gasteiger charge is -2.41. The van der Waals surface area contributed by atoms with Crippen LogP contribution < -0.4 is 5.32 Å². The molecule has 1 amide bonds. The molecule has 0 bridgehead atoms. The van der Waals surface area contributed by atoms with Crippen LogP contribution in [0.4, 0.5) is 4.79 Å². The first-order valence-corrected chi connectivity index (χ1v) is 6.85. The van der Waals surface area contributed by atoms with Crippen LogP contribution in [-0.4, -0.2) is 59.1 Å². The van der Waals surface area contributed by atoms with Crippen LogP contribution >= 0.6 is 0 Å². The minimum atomic E-state index is -1.06. The van der Waals surface area contributed by atoms with Crippen LogP contribution in [0.2, 0.25) is 0 Å². The van der Waals surface area contributed by atoms with E-state index in [4.69, 9.17) is 9.47 Å². The fraction of sp³-hybridized carbons (Fsp3) is 0.846. The van der Waals surface area contributed by atoms with Crippen molar-refractivity contribution in [2.75, 3.05) is 19.7 Å². The monoisotopic (exact) mass is 286 g/mol. The summed E-state index contributed by atoms with van der Waals surface area (Å²) < 4.78 is 11.1. The maximum Gasteiger partial charge on any atom is 0.413 e. The van der Waals surface area contributed by atoms with Crippen LogP contribution in [0.15, 0.2) is 0 Å². The smallest absolute Gasteiger partial charge is 0.413 e. The number of ether oxygens (including phenoxy) is 2. The Bertz CT molecular complexity index is 398. The molecule has 1 spiro atoms. The fourth-order valence-corrected chi connectivity index (χ4v) is 2.65. The topological polar surface area (TPSA) is 88.1 Å². The first-order chi connectivity index (χ1) is 9.25. The van der Waals surface area contributed by atoms with Crippen molar-refractivity contribution in [3.05, 3.63) is 0 Å². The molecule has 0 radical (unpaired) electrons. The minimum absolute atomic E-state index is 0.00851. The van der Waals surface area contributed by atoms with Gasteiger partial charge in [-0.25, -0.2) is 9.59 Å². The van der Waals surface area contributed by atoms with Gasteiger partial charge in [-0.2, -0.15) is 0 Å². The number of piperidine rings is 1. The van der Waals surface area contributed by atoms with Gasteiger partial charge >= 0.3 is 12.1 Å². The molecule has 114 valence electrons. The summed E-state index contributed by atoms with van der Waals surface area (Å²) >= 11 is 0. The number of carboxylic acid groups (broad SMARTS) is 1. The molecule has 2 fully saturated rings. The molecule has 20 heavy (non-hydrogen) atoms. The van der Waals surface area contributed by atoms with Gasteiger partial charge in [0.15, 0.2) is 6.04 Å². The summed E-state index contributed by atoms with van der Waals surface area (Å²) in [6.45, 7) is 6.65. The highest BCUT2D eigenvalue weighted by Crippen LogP contribution is 2.36. The molecule has 0 saturated carbocycles. The van der Waals surface area contributed by atoms with Gasteiger partial charge in [0.1, 0.15) is 11.3 Å². The van der Waals surface area contributed by atoms with E-state index in [0.717, 1.165) is 0 Å². The minimum Gasteiger partial charge on any atom is -0.480 e. The average Bonchev–Trinajstić information content (AvgIpc) is 2.67. The summed E-state index contributed by atoms with van der Waals surface area (Å²) in [5.41, 5.74) is -1.52. The van der Waals surface area contributed by atoms with E-state index in [2.05, 4.69) is 5.32 Å². The summed E-state index contributed by atoms with van der Waals surface area (Å²) in [5, 5.41) is 12.5. The van der Waals surface area contributed by atoms with Gasteiger partial charge in [0.05, 0.1) is 6.61 Å². The molecular formula is C13H22N2O5. The number of hydrogen-bond acceptors (Lipinski definition) is 5. The number of aliphatic carboxylic acids is 1. The third kappa shape index (κ3) is 2.88. The van der Waals surface area contributed by atoms with Crippen molar-refractivity contribution in [2.24, 2.45) is 0 Å². The molecule has 2 rings (SSSR count). The molecule has 2 heterocycles. The molecule has 2 saturated heterocycles. The average molecular weight is 286 g/mol. The lowest BCUT2D eigenvalue weighted by molar-refractivity contribution is -0.145. The zero-order valence-corrected chi connectivity index (χ0v) is 12.1. The summed E-state index contributed by atoms with van der Waals surface area (Å²) in [7, 11) is 0. The van der Waals surface area contributed by atoms with E-state index in [1.807, 2.05) is 0 Å². The van der Waals surface area contributed by atoms with Gasteiger partial charge in [-0.05, 0) is 33.9 Å². The number of nitrogens with one attached hydrogen (secondary N) is 1. The highest BCUT2D eigenvalue weighted by atomic mass is 16.6. The Labute approximate surface area is 118 Å². The Hall–Kier alpha value is -1.34. The highest BCUT2D eigenvalue weighted by molar-refractivity contribution is 5.81. The lowest BCUT2D eigenvalue weighted by Crippen LogP contribution is -2.58. The first kappa shape index (κ1) is 15.1. The van der Waals surface area contributed by atoms with Gasteiger partial charge in [-0.15, -0.1) is 0 Å². The molecule has 7 nitrogen and oxygen atoms in total. The van der Waals surface area contributed by atoms with E-state index in [1.165, 1.54) is 4.90 Å². The zero-order chi connectivity index (χ0) is 15.0. The molecule has 1 unspecified atom stereocenters. The molecule has 0 aliphatic carbocycles. The maximum atomic E-state index is 12.4. The third-order valence-corrected chi connectivity index (χ3v) is 3.52. The van der Waals surface area contributed by atoms with Crippen LogP contribution in [0.5, 0.6) is 0 Å². The van der Waals surface area contributed by atoms with Gasteiger partial charge in [-0.3, -0.25) is 4.90 Å². The Kier molecular flexibility index (Phi) is 3.93. The third-order valence-electron chi connectivity index (χ3n) is 3.52. The summed E-state index contributed by atoms with van der Waals surface area (Å²) in [6, 6.07) is -0.983. The molecule has 0 aromatic rings. The Morgan fingerprint density at radius 2 is 1.95 bits per heavy atom. The van der Waals surface area contributed by atoms with Crippen LogP contribution in [0.3, 0.4) is 0 Å². The van der Waals surface area contributed by atoms with Gasteiger partial charge in [0, 0.05) is 12.8 Å². The van der Waals surface area contributed by atoms with Crippen LogP contribution in [0.25, 0.3) is 0 Å². The second kappa shape index (κ2) is 5.21. The molecule has 2 aliphatic rings. The van der Waals surface area contributed by atoms with E-state index >= 15 is 0 Å². The summed E-state index contributed by atoms with van der Waals surface area (Å²) in [6.07, 6.45) is 0.510. The molecule has 2 N–H and O–H groups in total. The quantitative estimate of drug-likeness (QED) is 0.741. The van der Waals surface area contributed by atoms with Gasteiger partial charge in [0.2, 0.25) is 0 Å². The Balaban J connectivity index is 2.25. The van der Waals surface area contributed by atoms with Crippen molar-refractivity contribution in [3.8, 4) is 0 Å². The number of nitrogens with zero attached hydrogens (tertiary/aromatic N) is 1. The largest absolute Gasteiger partial charge is 0.480 e. The van der Waals surface area contributed by atoms with Crippen LogP contribution in [0, 0.1) is 0 Å². The lowest BCUT2D eigenvalue weighted by atomic mass is 10.00. The number of carbonyl (C=O) groups excluding carboxylic acids is 1. The number of hydrogen-bond donors (Lipinski definition) is 2. The van der Waals surface area contributed by atoms with Crippen molar-refractivity contribution in [1.29, 1.82) is 0 Å². The van der Waals surface area contributed by atoms with Crippen molar-refractivity contribution in [1.82, 2.24) is 10.2 Å². The van der Waals surface area contributed by atoms with Crippen molar-refractivity contribution in [2.45, 2.75) is 51.0 Å². The maximum absolute atomic E-state index is 12.4. The zero-order valence-electron chi connectivity index (χ0n) is 12.1. The predicted molar refractivity (Wildman–Crippen MR) is 70.3 cm³/mol. The number of carboxylic acids is 1. The molecule has 1 atom stereocenters. The summed E-state index contributed by atoms with van der Waals surface area (Å²) in [5.74, 6) is -1.06. The van der Waals surface area contributed by atoms with Crippen LogP contribution in [0.1, 0.15) is 33.6 Å². The second-order valence-electron chi connectivity index (χ2n) is 6.21. The second-order valence-corrected chi connectivity index (χ2v) is 6.21. The molecule has 2 aliphatic heterocycles. The number of rotatable bonds is 1. The Morgan fingerprint density at radius 3 is 2.45 bits per heavy atom. The van der Waals surface area contributed by atoms with Crippen LogP contribution in [-0.2, 0) is 14.3 Å². The van der Waals surface area contributed by atoms with Gasteiger partial charge < -0.3 is 19.9 Å². The first-order valence-electron chi connectivity index (χ1n) is 6.85. The standard InChI is InChI=1S/C13H22N2O5/c1-12(2,3)20-11(18)15-9(10(16)17)8-19-13(15)4-6-14-7-5-13/h9,14H,4-8H2,1-3H3,(H,16,17). The van der Waals surface area contributed by atoms with E-state index in [-0.39, 0.29) is 6.61 Å². The fourth-order valence-electron chi connectivity index (χ4n) is 2.65. The van der Waals surface area contributed by atoms with E-state index < -0.39 is 29.4 Å². The molecular weight excluding hydrogens is 264 g/mol.